The van der Waals surface area contributed by atoms with Gasteiger partial charge in [0.15, 0.2) is 0 Å². The Hall–Kier alpha value is -2.14. The Balaban J connectivity index is 1.78. The number of hydrogen-bond acceptors (Lipinski definition) is 2. The fourth-order valence-electron chi connectivity index (χ4n) is 1.89. The summed E-state index contributed by atoms with van der Waals surface area (Å²) in [4.78, 5) is 11.7. The van der Waals surface area contributed by atoms with Gasteiger partial charge in [-0.05, 0) is 23.8 Å². The van der Waals surface area contributed by atoms with Crippen LogP contribution in [0.4, 0.5) is 14.5 Å². The monoisotopic (exact) mass is 324 g/mol. The van der Waals surface area contributed by atoms with Crippen LogP contribution >= 0.6 is 11.6 Å². The van der Waals surface area contributed by atoms with Crippen molar-refractivity contribution in [2.24, 2.45) is 0 Å². The standard InChI is InChI=1S/C16H15ClF2N2O/c17-12-5-2-1-4-11(12)10-21-15(22)8-9-20-16-13(18)6-3-7-14(16)19/h1-7,20H,8-10H2,(H,21,22). The molecule has 1 amide bonds. The molecule has 0 saturated carbocycles. The summed E-state index contributed by atoms with van der Waals surface area (Å²) in [5.41, 5.74) is 0.590. The number of amides is 1. The number of carbonyl (C=O) groups is 1. The van der Waals surface area contributed by atoms with Crippen molar-refractivity contribution in [3.8, 4) is 0 Å². The van der Waals surface area contributed by atoms with E-state index in [1.54, 1.807) is 12.1 Å². The molecular weight excluding hydrogens is 310 g/mol. The van der Waals surface area contributed by atoms with Gasteiger partial charge in [-0.25, -0.2) is 8.78 Å². The molecule has 0 saturated heterocycles. The highest BCUT2D eigenvalue weighted by Gasteiger charge is 2.08. The van der Waals surface area contributed by atoms with Crippen LogP contribution in [-0.2, 0) is 11.3 Å². The molecule has 0 aliphatic heterocycles. The summed E-state index contributed by atoms with van der Waals surface area (Å²) in [7, 11) is 0. The Morgan fingerprint density at radius 2 is 1.73 bits per heavy atom. The van der Waals surface area contributed by atoms with E-state index in [-0.39, 0.29) is 24.6 Å². The zero-order valence-corrected chi connectivity index (χ0v) is 12.5. The van der Waals surface area contributed by atoms with Gasteiger partial charge in [-0.1, -0.05) is 35.9 Å². The van der Waals surface area contributed by atoms with E-state index in [2.05, 4.69) is 10.6 Å². The SMILES string of the molecule is O=C(CCNc1c(F)cccc1F)NCc1ccccc1Cl. The molecule has 116 valence electrons. The third-order valence-electron chi connectivity index (χ3n) is 3.05. The maximum atomic E-state index is 13.4. The number of anilines is 1. The summed E-state index contributed by atoms with van der Waals surface area (Å²) in [5, 5.41) is 5.87. The molecule has 2 aromatic rings. The van der Waals surface area contributed by atoms with Gasteiger partial charge in [-0.15, -0.1) is 0 Å². The lowest BCUT2D eigenvalue weighted by Gasteiger charge is -2.09. The first-order valence-corrected chi connectivity index (χ1v) is 7.13. The number of halogens is 3. The van der Waals surface area contributed by atoms with E-state index in [1.165, 1.54) is 6.07 Å². The normalized spacial score (nSPS) is 10.3. The maximum Gasteiger partial charge on any atom is 0.222 e. The van der Waals surface area contributed by atoms with Crippen LogP contribution < -0.4 is 10.6 Å². The third-order valence-corrected chi connectivity index (χ3v) is 3.42. The maximum absolute atomic E-state index is 13.4. The third kappa shape index (κ3) is 4.43. The topological polar surface area (TPSA) is 41.1 Å². The van der Waals surface area contributed by atoms with Crippen LogP contribution in [-0.4, -0.2) is 12.5 Å². The van der Waals surface area contributed by atoms with Crippen LogP contribution in [0.15, 0.2) is 42.5 Å². The van der Waals surface area contributed by atoms with E-state index in [4.69, 9.17) is 11.6 Å². The highest BCUT2D eigenvalue weighted by atomic mass is 35.5. The summed E-state index contributed by atoms with van der Waals surface area (Å²) >= 11 is 5.98. The Labute approximate surface area is 132 Å². The van der Waals surface area contributed by atoms with Crippen LogP contribution in [0.1, 0.15) is 12.0 Å². The predicted octanol–water partition coefficient (Wildman–Crippen LogP) is 3.74. The molecule has 0 aliphatic rings. The molecule has 0 fully saturated rings. The molecule has 2 aromatic carbocycles. The first kappa shape index (κ1) is 16.2. The summed E-state index contributed by atoms with van der Waals surface area (Å²) in [6, 6.07) is 10.8. The average molecular weight is 325 g/mol. The van der Waals surface area contributed by atoms with Gasteiger partial charge >= 0.3 is 0 Å². The molecule has 0 aliphatic carbocycles. The van der Waals surface area contributed by atoms with E-state index >= 15 is 0 Å². The van der Waals surface area contributed by atoms with E-state index in [9.17, 15) is 13.6 Å². The molecule has 3 nitrogen and oxygen atoms in total. The number of hydrogen-bond donors (Lipinski definition) is 2. The first-order valence-electron chi connectivity index (χ1n) is 6.76. The lowest BCUT2D eigenvalue weighted by atomic mass is 10.2. The molecule has 0 aromatic heterocycles. The summed E-state index contributed by atoms with van der Waals surface area (Å²) in [6.45, 7) is 0.443. The Morgan fingerprint density at radius 1 is 1.05 bits per heavy atom. The van der Waals surface area contributed by atoms with E-state index < -0.39 is 11.6 Å². The second-order valence-corrected chi connectivity index (χ2v) is 5.05. The zero-order chi connectivity index (χ0) is 15.9. The van der Waals surface area contributed by atoms with Gasteiger partial charge in [0, 0.05) is 24.5 Å². The van der Waals surface area contributed by atoms with Gasteiger partial charge in [0.2, 0.25) is 5.91 Å². The van der Waals surface area contributed by atoms with Crippen LogP contribution in [0.25, 0.3) is 0 Å². The van der Waals surface area contributed by atoms with Gasteiger partial charge in [-0.3, -0.25) is 4.79 Å². The van der Waals surface area contributed by atoms with Crippen molar-refractivity contribution in [1.29, 1.82) is 0 Å². The minimum Gasteiger partial charge on any atom is -0.380 e. The van der Waals surface area contributed by atoms with Crippen molar-refractivity contribution in [2.45, 2.75) is 13.0 Å². The number of para-hydroxylation sites is 1. The van der Waals surface area contributed by atoms with Crippen LogP contribution in [0, 0.1) is 11.6 Å². The van der Waals surface area contributed by atoms with Crippen LogP contribution in [0.3, 0.4) is 0 Å². The first-order chi connectivity index (χ1) is 10.6. The number of rotatable bonds is 6. The molecule has 22 heavy (non-hydrogen) atoms. The lowest BCUT2D eigenvalue weighted by Crippen LogP contribution is -2.25. The minimum absolute atomic E-state index is 0.0955. The van der Waals surface area contributed by atoms with Gasteiger partial charge in [-0.2, -0.15) is 0 Å². The summed E-state index contributed by atoms with van der Waals surface area (Å²) < 4.78 is 26.7. The zero-order valence-electron chi connectivity index (χ0n) is 11.7. The largest absolute Gasteiger partial charge is 0.380 e. The fraction of sp³-hybridized carbons (Fsp3) is 0.188. The smallest absolute Gasteiger partial charge is 0.222 e. The molecule has 0 radical (unpaired) electrons. The number of benzene rings is 2. The second-order valence-electron chi connectivity index (χ2n) is 4.64. The molecule has 6 heteroatoms. The van der Waals surface area contributed by atoms with Gasteiger partial charge in [0.05, 0.1) is 0 Å². The van der Waals surface area contributed by atoms with E-state index in [0.717, 1.165) is 17.7 Å². The van der Waals surface area contributed by atoms with Crippen molar-refractivity contribution >= 4 is 23.2 Å². The highest BCUT2D eigenvalue weighted by Crippen LogP contribution is 2.17. The van der Waals surface area contributed by atoms with Crippen LogP contribution in [0.2, 0.25) is 5.02 Å². The van der Waals surface area contributed by atoms with Gasteiger partial charge in [0.25, 0.3) is 0 Å². The molecule has 0 spiro atoms. The predicted molar refractivity (Wildman–Crippen MR) is 82.8 cm³/mol. The van der Waals surface area contributed by atoms with Crippen molar-refractivity contribution in [1.82, 2.24) is 5.32 Å². The van der Waals surface area contributed by atoms with Crippen molar-refractivity contribution in [3.05, 3.63) is 64.7 Å². The second kappa shape index (κ2) is 7.75. The Bertz CT molecular complexity index is 644. The van der Waals surface area contributed by atoms with Crippen molar-refractivity contribution in [2.75, 3.05) is 11.9 Å². The summed E-state index contributed by atoms with van der Waals surface area (Å²) in [5.74, 6) is -1.60. The van der Waals surface area contributed by atoms with Crippen molar-refractivity contribution < 1.29 is 13.6 Å². The van der Waals surface area contributed by atoms with E-state index in [0.29, 0.717) is 11.6 Å². The minimum atomic E-state index is -0.684. The molecule has 2 N–H and O–H groups in total. The quantitative estimate of drug-likeness (QED) is 0.850. The van der Waals surface area contributed by atoms with Crippen LogP contribution in [0.5, 0.6) is 0 Å². The highest BCUT2D eigenvalue weighted by molar-refractivity contribution is 6.31. The average Bonchev–Trinajstić information content (AvgIpc) is 2.49. The molecule has 0 heterocycles. The molecule has 0 unspecified atom stereocenters. The summed E-state index contributed by atoms with van der Waals surface area (Å²) in [6.07, 6.45) is 0.0955. The Kier molecular flexibility index (Phi) is 5.72. The van der Waals surface area contributed by atoms with Gasteiger partial charge in [0.1, 0.15) is 17.3 Å². The molecule has 2 rings (SSSR count). The number of nitrogens with one attached hydrogen (secondary N) is 2. The molecule has 0 atom stereocenters. The number of carbonyl (C=O) groups excluding carboxylic acids is 1. The van der Waals surface area contributed by atoms with Gasteiger partial charge < -0.3 is 10.6 Å². The van der Waals surface area contributed by atoms with E-state index in [1.807, 2.05) is 12.1 Å². The molecule has 0 bridgehead atoms. The molecular formula is C16H15ClF2N2O. The lowest BCUT2D eigenvalue weighted by molar-refractivity contribution is -0.121. The van der Waals surface area contributed by atoms with Crippen molar-refractivity contribution in [3.63, 3.8) is 0 Å². The fourth-order valence-corrected chi connectivity index (χ4v) is 2.09. The Morgan fingerprint density at radius 3 is 2.41 bits per heavy atom.